The topological polar surface area (TPSA) is 78.9 Å². The largest absolute Gasteiger partial charge is 0.462 e. The highest BCUT2D eigenvalue weighted by Crippen LogP contribution is 2.15. The van der Waals surface area contributed by atoms with Crippen LogP contribution < -0.4 is 0 Å². The summed E-state index contributed by atoms with van der Waals surface area (Å²) in [4.78, 5) is 38.0. The second-order valence-electron chi connectivity index (χ2n) is 17.5. The first-order valence-corrected chi connectivity index (χ1v) is 26.5. The average Bonchev–Trinajstić information content (AvgIpc) is 3.28. The molecule has 6 nitrogen and oxygen atoms in total. The van der Waals surface area contributed by atoms with Gasteiger partial charge in [0.25, 0.3) is 0 Å². The van der Waals surface area contributed by atoms with Crippen molar-refractivity contribution in [2.75, 3.05) is 13.2 Å². The lowest BCUT2D eigenvalue weighted by Gasteiger charge is -2.18. The molecule has 0 aliphatic carbocycles. The summed E-state index contributed by atoms with van der Waals surface area (Å²) in [6.07, 6.45) is 64.5. The van der Waals surface area contributed by atoms with Gasteiger partial charge in [0.2, 0.25) is 0 Å². The monoisotopic (exact) mass is 879 g/mol. The van der Waals surface area contributed by atoms with Gasteiger partial charge in [-0.2, -0.15) is 0 Å². The molecule has 0 aromatic carbocycles. The number of esters is 3. The number of unbranched alkanes of at least 4 members (excludes halogenated alkanes) is 27. The van der Waals surface area contributed by atoms with Crippen LogP contribution in [0.1, 0.15) is 252 Å². The smallest absolute Gasteiger partial charge is 0.306 e. The molecule has 0 saturated carbocycles. The van der Waals surface area contributed by atoms with Crippen molar-refractivity contribution in [2.24, 2.45) is 0 Å². The van der Waals surface area contributed by atoms with E-state index >= 15 is 0 Å². The zero-order valence-corrected chi connectivity index (χ0v) is 41.3. The highest BCUT2D eigenvalue weighted by atomic mass is 16.6. The molecule has 362 valence electrons. The van der Waals surface area contributed by atoms with Crippen LogP contribution in [0.5, 0.6) is 0 Å². The van der Waals surface area contributed by atoms with Crippen molar-refractivity contribution < 1.29 is 28.6 Å². The summed E-state index contributed by atoms with van der Waals surface area (Å²) in [5.41, 5.74) is 0. The minimum absolute atomic E-state index is 0.0861. The summed E-state index contributed by atoms with van der Waals surface area (Å²) in [5, 5.41) is 0. The second kappa shape index (κ2) is 51.5. The number of carbonyl (C=O) groups is 3. The normalized spacial score (nSPS) is 12.6. The Morgan fingerprint density at radius 3 is 1.13 bits per heavy atom. The standard InChI is InChI=1S/C57H98O6/c1-4-7-10-13-16-19-22-25-27-28-30-32-35-38-41-44-47-50-56(59)62-53-54(52-61-55(58)49-46-43-40-37-34-31-24-21-18-15-12-9-6-3)63-57(60)51-48-45-42-39-36-33-29-26-23-20-17-14-11-8-5-2/h8,11,14,16-17,19-20,23,25-27,29,54H,4-7,9-10,12-13,15,18,21-22,24,28,30-53H2,1-3H3/b11-8-,17-14-,19-16-,23-20-,27-25-,29-26-. The minimum Gasteiger partial charge on any atom is -0.462 e. The van der Waals surface area contributed by atoms with Gasteiger partial charge in [-0.25, -0.2) is 0 Å². The van der Waals surface area contributed by atoms with Crippen LogP contribution in [0.3, 0.4) is 0 Å². The summed E-state index contributed by atoms with van der Waals surface area (Å²) < 4.78 is 16.8. The summed E-state index contributed by atoms with van der Waals surface area (Å²) in [6.45, 7) is 6.46. The predicted molar refractivity (Wildman–Crippen MR) is 270 cm³/mol. The highest BCUT2D eigenvalue weighted by molar-refractivity contribution is 5.71. The van der Waals surface area contributed by atoms with Crippen molar-refractivity contribution in [1.29, 1.82) is 0 Å². The molecule has 1 atom stereocenters. The van der Waals surface area contributed by atoms with Gasteiger partial charge in [-0.3, -0.25) is 14.4 Å². The Morgan fingerprint density at radius 2 is 0.683 bits per heavy atom. The van der Waals surface area contributed by atoms with E-state index in [0.717, 1.165) is 96.3 Å². The molecule has 0 aliphatic heterocycles. The Kier molecular flexibility index (Phi) is 48.9. The zero-order valence-electron chi connectivity index (χ0n) is 41.3. The van der Waals surface area contributed by atoms with Crippen LogP contribution >= 0.6 is 0 Å². The van der Waals surface area contributed by atoms with Gasteiger partial charge in [0, 0.05) is 19.3 Å². The SMILES string of the molecule is CC\C=C/C=C\C=C/C=C\CCCCCCCC(=O)OC(COC(=O)CCCCCCCCC/C=C\C/C=C\CCCCC)COC(=O)CCCCCCCCCCCCCCC. The Hall–Kier alpha value is -3.15. The molecular weight excluding hydrogens is 781 g/mol. The lowest BCUT2D eigenvalue weighted by atomic mass is 10.0. The molecule has 1 unspecified atom stereocenters. The van der Waals surface area contributed by atoms with Crippen LogP contribution in [0.15, 0.2) is 72.9 Å². The molecule has 0 aromatic heterocycles. The van der Waals surface area contributed by atoms with Crippen LogP contribution in [0, 0.1) is 0 Å². The van der Waals surface area contributed by atoms with Crippen molar-refractivity contribution in [3.63, 3.8) is 0 Å². The molecule has 0 rings (SSSR count). The van der Waals surface area contributed by atoms with Crippen molar-refractivity contribution in [3.05, 3.63) is 72.9 Å². The zero-order chi connectivity index (χ0) is 45.8. The molecule has 0 spiro atoms. The Balaban J connectivity index is 4.42. The van der Waals surface area contributed by atoms with Gasteiger partial charge in [-0.1, -0.05) is 235 Å². The number of hydrogen-bond acceptors (Lipinski definition) is 6. The van der Waals surface area contributed by atoms with Crippen LogP contribution in [0.2, 0.25) is 0 Å². The first kappa shape index (κ1) is 59.9. The van der Waals surface area contributed by atoms with Crippen molar-refractivity contribution in [2.45, 2.75) is 258 Å². The number of ether oxygens (including phenoxy) is 3. The van der Waals surface area contributed by atoms with E-state index in [1.807, 2.05) is 18.2 Å². The third kappa shape index (κ3) is 49.7. The lowest BCUT2D eigenvalue weighted by molar-refractivity contribution is -0.167. The van der Waals surface area contributed by atoms with Crippen LogP contribution in [-0.4, -0.2) is 37.2 Å². The fourth-order valence-corrected chi connectivity index (χ4v) is 7.31. The fraction of sp³-hybridized carbons (Fsp3) is 0.737. The molecule has 6 heteroatoms. The van der Waals surface area contributed by atoms with Crippen molar-refractivity contribution >= 4 is 17.9 Å². The molecule has 0 bridgehead atoms. The summed E-state index contributed by atoms with van der Waals surface area (Å²) >= 11 is 0. The summed E-state index contributed by atoms with van der Waals surface area (Å²) in [7, 11) is 0. The van der Waals surface area contributed by atoms with Gasteiger partial charge >= 0.3 is 17.9 Å². The second-order valence-corrected chi connectivity index (χ2v) is 17.5. The van der Waals surface area contributed by atoms with E-state index < -0.39 is 6.10 Å². The third-order valence-electron chi connectivity index (χ3n) is 11.3. The Bertz CT molecular complexity index is 1190. The maximum absolute atomic E-state index is 12.8. The van der Waals surface area contributed by atoms with E-state index in [1.165, 1.54) is 116 Å². The number of allylic oxidation sites excluding steroid dienone is 12. The van der Waals surface area contributed by atoms with Gasteiger partial charge in [0.05, 0.1) is 0 Å². The highest BCUT2D eigenvalue weighted by Gasteiger charge is 2.19. The van der Waals surface area contributed by atoms with Crippen LogP contribution in [0.25, 0.3) is 0 Å². The van der Waals surface area contributed by atoms with E-state index in [0.29, 0.717) is 19.3 Å². The van der Waals surface area contributed by atoms with E-state index in [1.54, 1.807) is 0 Å². The van der Waals surface area contributed by atoms with Crippen molar-refractivity contribution in [3.8, 4) is 0 Å². The first-order chi connectivity index (χ1) is 31.0. The lowest BCUT2D eigenvalue weighted by Crippen LogP contribution is -2.30. The predicted octanol–water partition coefficient (Wildman–Crippen LogP) is 17.4. The fourth-order valence-electron chi connectivity index (χ4n) is 7.31. The molecule has 0 fully saturated rings. The maximum atomic E-state index is 12.8. The molecule has 0 amide bonds. The molecule has 0 saturated heterocycles. The molecule has 0 aromatic rings. The van der Waals surface area contributed by atoms with Gasteiger partial charge in [0.15, 0.2) is 6.10 Å². The first-order valence-electron chi connectivity index (χ1n) is 26.5. The maximum Gasteiger partial charge on any atom is 0.306 e. The van der Waals surface area contributed by atoms with E-state index in [9.17, 15) is 14.4 Å². The van der Waals surface area contributed by atoms with Gasteiger partial charge in [0.1, 0.15) is 13.2 Å². The van der Waals surface area contributed by atoms with Crippen LogP contribution in [0.4, 0.5) is 0 Å². The number of rotatable bonds is 47. The molecule has 0 radical (unpaired) electrons. The van der Waals surface area contributed by atoms with E-state index in [2.05, 4.69) is 75.5 Å². The van der Waals surface area contributed by atoms with Crippen LogP contribution in [-0.2, 0) is 28.6 Å². The Morgan fingerprint density at radius 1 is 0.349 bits per heavy atom. The van der Waals surface area contributed by atoms with E-state index in [-0.39, 0.29) is 31.1 Å². The summed E-state index contributed by atoms with van der Waals surface area (Å²) in [6, 6.07) is 0. The number of carbonyl (C=O) groups excluding carboxylic acids is 3. The van der Waals surface area contributed by atoms with Gasteiger partial charge in [-0.15, -0.1) is 0 Å². The molecule has 63 heavy (non-hydrogen) atoms. The average molecular weight is 879 g/mol. The quantitative estimate of drug-likeness (QED) is 0.0199. The van der Waals surface area contributed by atoms with E-state index in [4.69, 9.17) is 14.2 Å². The summed E-state index contributed by atoms with van der Waals surface area (Å²) in [5.74, 6) is -0.913. The number of hydrogen-bond donors (Lipinski definition) is 0. The molecular formula is C57H98O6. The molecule has 0 aliphatic rings. The minimum atomic E-state index is -0.789. The molecule has 0 heterocycles. The van der Waals surface area contributed by atoms with Gasteiger partial charge < -0.3 is 14.2 Å². The van der Waals surface area contributed by atoms with Crippen molar-refractivity contribution in [1.82, 2.24) is 0 Å². The Labute approximate surface area is 389 Å². The third-order valence-corrected chi connectivity index (χ3v) is 11.3. The molecule has 0 N–H and O–H groups in total. The van der Waals surface area contributed by atoms with Gasteiger partial charge in [-0.05, 0) is 70.6 Å².